The van der Waals surface area contributed by atoms with Crippen LogP contribution in [0.15, 0.2) is 59.4 Å². The minimum Gasteiger partial charge on any atom is -0.501 e. The molecule has 0 spiro atoms. The van der Waals surface area contributed by atoms with Gasteiger partial charge < -0.3 is 25.5 Å². The van der Waals surface area contributed by atoms with Gasteiger partial charge in [-0.25, -0.2) is 9.37 Å². The molecule has 2 heterocycles. The maximum Gasteiger partial charge on any atom is 0.293 e. The number of nitrogens with zero attached hydrogens (tertiary/aromatic N) is 1. The first kappa shape index (κ1) is 22.6. The molecule has 172 valence electrons. The van der Waals surface area contributed by atoms with Crippen LogP contribution in [0, 0.1) is 5.82 Å². The van der Waals surface area contributed by atoms with E-state index >= 15 is 0 Å². The van der Waals surface area contributed by atoms with Gasteiger partial charge in [-0.1, -0.05) is 42.5 Å². The standard InChI is InChI=1S/C24H25FN4O4/c25-17-8-6-15(7-9-17)13-27-23(31)20-21(30)24(32)29-22(28-20)19-12-18(10-11-26-19)33-14-16-4-2-1-3-5-16/h1-9,18-19,26,30H,10-14H2,(H,27,31)(H,28,29,32)/t18-,19-/m1/s1. The van der Waals surface area contributed by atoms with E-state index in [0.717, 1.165) is 12.0 Å². The van der Waals surface area contributed by atoms with Crippen LogP contribution in [0.5, 0.6) is 5.75 Å². The van der Waals surface area contributed by atoms with E-state index in [1.807, 2.05) is 30.3 Å². The number of amides is 1. The predicted molar refractivity (Wildman–Crippen MR) is 119 cm³/mol. The second kappa shape index (κ2) is 10.4. The third kappa shape index (κ3) is 5.82. The van der Waals surface area contributed by atoms with E-state index in [1.54, 1.807) is 0 Å². The molecule has 33 heavy (non-hydrogen) atoms. The molecule has 1 saturated heterocycles. The van der Waals surface area contributed by atoms with Crippen LogP contribution in [-0.2, 0) is 17.9 Å². The van der Waals surface area contributed by atoms with Crippen LogP contribution in [0.2, 0.25) is 0 Å². The summed E-state index contributed by atoms with van der Waals surface area (Å²) in [6, 6.07) is 15.2. The predicted octanol–water partition coefficient (Wildman–Crippen LogP) is 2.55. The molecule has 1 aliphatic rings. The lowest BCUT2D eigenvalue weighted by molar-refractivity contribution is 0.00968. The third-order valence-corrected chi connectivity index (χ3v) is 5.51. The van der Waals surface area contributed by atoms with Crippen molar-refractivity contribution in [3.05, 3.63) is 93.4 Å². The largest absolute Gasteiger partial charge is 0.501 e. The molecule has 0 radical (unpaired) electrons. The van der Waals surface area contributed by atoms with Crippen LogP contribution in [-0.4, -0.2) is 33.6 Å². The molecule has 9 heteroatoms. The number of nitrogens with one attached hydrogen (secondary N) is 3. The van der Waals surface area contributed by atoms with Crippen LogP contribution in [0.25, 0.3) is 0 Å². The van der Waals surface area contributed by atoms with Crippen molar-refractivity contribution in [2.24, 2.45) is 0 Å². The molecule has 1 amide bonds. The van der Waals surface area contributed by atoms with E-state index in [1.165, 1.54) is 24.3 Å². The van der Waals surface area contributed by atoms with Gasteiger partial charge in [0.1, 0.15) is 11.6 Å². The molecule has 1 fully saturated rings. The van der Waals surface area contributed by atoms with Gasteiger partial charge in [0, 0.05) is 6.54 Å². The third-order valence-electron chi connectivity index (χ3n) is 5.51. The maximum absolute atomic E-state index is 13.0. The number of H-pyrrole nitrogens is 1. The summed E-state index contributed by atoms with van der Waals surface area (Å²) in [4.78, 5) is 31.7. The fourth-order valence-electron chi connectivity index (χ4n) is 3.71. The highest BCUT2D eigenvalue weighted by molar-refractivity contribution is 5.94. The van der Waals surface area contributed by atoms with Crippen LogP contribution < -0.4 is 16.2 Å². The zero-order valence-corrected chi connectivity index (χ0v) is 17.9. The number of carbonyl (C=O) groups is 1. The lowest BCUT2D eigenvalue weighted by Gasteiger charge is -2.30. The Bertz CT molecular complexity index is 1150. The summed E-state index contributed by atoms with van der Waals surface area (Å²) in [6.45, 7) is 1.23. The van der Waals surface area contributed by atoms with Crippen molar-refractivity contribution in [1.82, 2.24) is 20.6 Å². The van der Waals surface area contributed by atoms with Crippen LogP contribution >= 0.6 is 0 Å². The monoisotopic (exact) mass is 452 g/mol. The van der Waals surface area contributed by atoms with Crippen molar-refractivity contribution in [2.45, 2.75) is 38.1 Å². The van der Waals surface area contributed by atoms with E-state index in [-0.39, 0.29) is 36.0 Å². The van der Waals surface area contributed by atoms with Gasteiger partial charge in [0.2, 0.25) is 5.75 Å². The Hall–Kier alpha value is -3.56. The minimum absolute atomic E-state index is 0.0497. The van der Waals surface area contributed by atoms with Crippen molar-refractivity contribution in [2.75, 3.05) is 6.54 Å². The fraction of sp³-hybridized carbons (Fsp3) is 0.292. The molecule has 3 aromatic rings. The lowest BCUT2D eigenvalue weighted by atomic mass is 10.0. The smallest absolute Gasteiger partial charge is 0.293 e. The number of aromatic hydroxyl groups is 1. The van der Waals surface area contributed by atoms with Gasteiger partial charge >= 0.3 is 0 Å². The lowest BCUT2D eigenvalue weighted by Crippen LogP contribution is -2.38. The Labute approximate surface area is 189 Å². The quantitative estimate of drug-likeness (QED) is 0.438. The molecular weight excluding hydrogens is 427 g/mol. The number of hydrogen-bond donors (Lipinski definition) is 4. The molecule has 1 aromatic heterocycles. The second-order valence-electron chi connectivity index (χ2n) is 7.91. The average Bonchev–Trinajstić information content (AvgIpc) is 2.84. The zero-order chi connectivity index (χ0) is 23.2. The number of aromatic nitrogens is 2. The molecule has 0 aliphatic carbocycles. The summed E-state index contributed by atoms with van der Waals surface area (Å²) in [6.07, 6.45) is 1.31. The Morgan fingerprint density at radius 1 is 1.15 bits per heavy atom. The summed E-state index contributed by atoms with van der Waals surface area (Å²) in [5.74, 6) is -1.56. The molecule has 1 aliphatic heterocycles. The van der Waals surface area contributed by atoms with Gasteiger partial charge in [0.15, 0.2) is 5.69 Å². The molecule has 0 saturated carbocycles. The van der Waals surface area contributed by atoms with Crippen molar-refractivity contribution >= 4 is 5.91 Å². The first-order valence-electron chi connectivity index (χ1n) is 10.7. The number of ether oxygens (including phenoxy) is 1. The van der Waals surface area contributed by atoms with Gasteiger partial charge in [-0.2, -0.15) is 0 Å². The molecule has 8 nitrogen and oxygen atoms in total. The van der Waals surface area contributed by atoms with Gasteiger partial charge in [-0.05, 0) is 42.6 Å². The Morgan fingerprint density at radius 3 is 2.67 bits per heavy atom. The average molecular weight is 452 g/mol. The molecule has 0 bridgehead atoms. The Morgan fingerprint density at radius 2 is 1.91 bits per heavy atom. The number of carbonyl (C=O) groups excluding carboxylic acids is 1. The maximum atomic E-state index is 13.0. The molecule has 0 unspecified atom stereocenters. The summed E-state index contributed by atoms with van der Waals surface area (Å²) >= 11 is 0. The van der Waals surface area contributed by atoms with Crippen LogP contribution in [0.3, 0.4) is 0 Å². The Kier molecular flexibility index (Phi) is 7.11. The topological polar surface area (TPSA) is 116 Å². The summed E-state index contributed by atoms with van der Waals surface area (Å²) in [7, 11) is 0. The molecular formula is C24H25FN4O4. The van der Waals surface area contributed by atoms with Crippen molar-refractivity contribution < 1.29 is 19.0 Å². The van der Waals surface area contributed by atoms with E-state index in [2.05, 4.69) is 20.6 Å². The minimum atomic E-state index is -0.791. The first-order valence-corrected chi connectivity index (χ1v) is 10.7. The summed E-state index contributed by atoms with van der Waals surface area (Å²) < 4.78 is 19.1. The van der Waals surface area contributed by atoms with Crippen LogP contribution in [0.4, 0.5) is 4.39 Å². The summed E-state index contributed by atoms with van der Waals surface area (Å²) in [5.41, 5.74) is 0.594. The van der Waals surface area contributed by atoms with Crippen molar-refractivity contribution in [3.8, 4) is 5.75 Å². The van der Waals surface area contributed by atoms with Gasteiger partial charge in [-0.3, -0.25) is 9.59 Å². The number of benzene rings is 2. The molecule has 4 N–H and O–H groups in total. The van der Waals surface area contributed by atoms with Crippen LogP contribution in [0.1, 0.15) is 46.3 Å². The van der Waals surface area contributed by atoms with Gasteiger partial charge in [-0.15, -0.1) is 0 Å². The van der Waals surface area contributed by atoms with E-state index < -0.39 is 17.2 Å². The summed E-state index contributed by atoms with van der Waals surface area (Å²) in [5, 5.41) is 16.0. The Balaban J connectivity index is 1.43. The van der Waals surface area contributed by atoms with Crippen molar-refractivity contribution in [3.63, 3.8) is 0 Å². The molecule has 2 atom stereocenters. The first-order chi connectivity index (χ1) is 16.0. The van der Waals surface area contributed by atoms with Gasteiger partial charge in [0.05, 0.1) is 18.8 Å². The van der Waals surface area contributed by atoms with Gasteiger partial charge in [0.25, 0.3) is 11.5 Å². The highest BCUT2D eigenvalue weighted by atomic mass is 19.1. The SMILES string of the molecule is O=C(NCc1ccc(F)cc1)c1nc([C@H]2C[C@H](OCc3ccccc3)CCN2)[nH]c(=O)c1O. The second-order valence-corrected chi connectivity index (χ2v) is 7.91. The highest BCUT2D eigenvalue weighted by Crippen LogP contribution is 2.24. The normalized spacial score (nSPS) is 18.1. The van der Waals surface area contributed by atoms with E-state index in [0.29, 0.717) is 25.1 Å². The number of halogens is 1. The number of hydrogen-bond acceptors (Lipinski definition) is 6. The molecule has 4 rings (SSSR count). The number of aromatic amines is 1. The fourth-order valence-corrected chi connectivity index (χ4v) is 3.71. The molecule has 2 aromatic carbocycles. The van der Waals surface area contributed by atoms with E-state index in [4.69, 9.17) is 4.74 Å². The number of piperidine rings is 1. The highest BCUT2D eigenvalue weighted by Gasteiger charge is 2.27. The van der Waals surface area contributed by atoms with E-state index in [9.17, 15) is 19.1 Å². The zero-order valence-electron chi connectivity index (χ0n) is 17.9. The van der Waals surface area contributed by atoms with Crippen molar-refractivity contribution in [1.29, 1.82) is 0 Å². The number of rotatable bonds is 7.